The Hall–Kier alpha value is -0.940. The molecule has 1 atom stereocenters. The number of nitrogens with zero attached hydrogens (tertiary/aromatic N) is 2. The molecule has 1 aromatic rings. The maximum atomic E-state index is 10.7. The number of hydrogen-bond acceptors (Lipinski definition) is 3. The van der Waals surface area contributed by atoms with E-state index < -0.39 is 11.1 Å². The molecule has 1 unspecified atom stereocenters. The Morgan fingerprint density at radius 2 is 2.07 bits per heavy atom. The number of pyridine rings is 1. The first kappa shape index (κ1) is 9.61. The first-order valence-corrected chi connectivity index (χ1v) is 5.70. The van der Waals surface area contributed by atoms with E-state index in [1.54, 1.807) is 12.1 Å². The van der Waals surface area contributed by atoms with Crippen molar-refractivity contribution in [2.45, 2.75) is 17.7 Å². The fourth-order valence-electron chi connectivity index (χ4n) is 1.61. The molecule has 0 radical (unpaired) electrons. The van der Waals surface area contributed by atoms with Gasteiger partial charge in [0.25, 0.3) is 0 Å². The van der Waals surface area contributed by atoms with E-state index in [2.05, 4.69) is 9.88 Å². The Morgan fingerprint density at radius 3 is 2.57 bits per heavy atom. The Kier molecular flexibility index (Phi) is 2.79. The second-order valence-corrected chi connectivity index (χ2v) is 4.27. The maximum Gasteiger partial charge on any atom is 0.188 e. The summed E-state index contributed by atoms with van der Waals surface area (Å²) >= 11 is -1.92. The zero-order chi connectivity index (χ0) is 9.97. The van der Waals surface area contributed by atoms with Gasteiger partial charge in [-0.15, -0.1) is 0 Å². The molecule has 1 N–H and O–H groups in total. The second kappa shape index (κ2) is 4.06. The standard InChI is InChI=1S/C9H12N2O2S/c12-14(13)8-3-4-9(10-7-8)11-5-1-2-6-11/h3-4,7H,1-2,5-6H2,(H,12,13). The smallest absolute Gasteiger partial charge is 0.188 e. The average Bonchev–Trinajstić information content (AvgIpc) is 2.71. The second-order valence-electron chi connectivity index (χ2n) is 3.30. The highest BCUT2D eigenvalue weighted by Crippen LogP contribution is 2.18. The Morgan fingerprint density at radius 1 is 1.36 bits per heavy atom. The lowest BCUT2D eigenvalue weighted by Crippen LogP contribution is -2.18. The lowest BCUT2D eigenvalue weighted by molar-refractivity contribution is 0.564. The largest absolute Gasteiger partial charge is 0.357 e. The quantitative estimate of drug-likeness (QED) is 0.750. The highest BCUT2D eigenvalue weighted by molar-refractivity contribution is 7.79. The summed E-state index contributed by atoms with van der Waals surface area (Å²) in [5.41, 5.74) is 0. The molecule has 14 heavy (non-hydrogen) atoms. The molecule has 1 aromatic heterocycles. The van der Waals surface area contributed by atoms with Gasteiger partial charge in [0.05, 0.1) is 4.90 Å². The van der Waals surface area contributed by atoms with E-state index in [1.807, 2.05) is 0 Å². The third-order valence-electron chi connectivity index (χ3n) is 2.35. The van der Waals surface area contributed by atoms with Crippen LogP contribution in [0.25, 0.3) is 0 Å². The molecule has 1 aliphatic rings. The van der Waals surface area contributed by atoms with Gasteiger partial charge in [0.15, 0.2) is 11.1 Å². The first-order valence-electron chi connectivity index (χ1n) is 4.59. The van der Waals surface area contributed by atoms with Gasteiger partial charge in [0.2, 0.25) is 0 Å². The molecule has 2 heterocycles. The fourth-order valence-corrected chi connectivity index (χ4v) is 1.94. The van der Waals surface area contributed by atoms with Crippen molar-refractivity contribution in [2.75, 3.05) is 18.0 Å². The molecular weight excluding hydrogens is 200 g/mol. The summed E-state index contributed by atoms with van der Waals surface area (Å²) in [6, 6.07) is 3.45. The molecule has 0 aromatic carbocycles. The zero-order valence-corrected chi connectivity index (χ0v) is 8.54. The third-order valence-corrected chi connectivity index (χ3v) is 3.00. The molecule has 0 bridgehead atoms. The summed E-state index contributed by atoms with van der Waals surface area (Å²) < 4.78 is 19.5. The van der Waals surface area contributed by atoms with Crippen LogP contribution in [-0.2, 0) is 11.1 Å². The topological polar surface area (TPSA) is 53.4 Å². The van der Waals surface area contributed by atoms with Gasteiger partial charge in [0.1, 0.15) is 5.82 Å². The highest BCUT2D eigenvalue weighted by atomic mass is 32.2. The lowest BCUT2D eigenvalue weighted by atomic mass is 10.4. The fraction of sp³-hybridized carbons (Fsp3) is 0.444. The number of aromatic nitrogens is 1. The van der Waals surface area contributed by atoms with Crippen molar-refractivity contribution < 1.29 is 8.76 Å². The summed E-state index contributed by atoms with van der Waals surface area (Å²) in [5.74, 6) is 0.900. The Labute approximate surface area is 85.2 Å². The molecule has 1 saturated heterocycles. The van der Waals surface area contributed by atoms with Crippen molar-refractivity contribution >= 4 is 16.9 Å². The minimum atomic E-state index is -1.92. The van der Waals surface area contributed by atoms with Crippen LogP contribution in [0.4, 0.5) is 5.82 Å². The predicted octanol–water partition coefficient (Wildman–Crippen LogP) is 1.26. The van der Waals surface area contributed by atoms with Crippen molar-refractivity contribution in [2.24, 2.45) is 0 Å². The molecule has 0 aliphatic carbocycles. The van der Waals surface area contributed by atoms with Crippen LogP contribution in [0.3, 0.4) is 0 Å². The number of rotatable bonds is 2. The van der Waals surface area contributed by atoms with Crippen LogP contribution in [0.1, 0.15) is 12.8 Å². The van der Waals surface area contributed by atoms with Gasteiger partial charge in [-0.25, -0.2) is 9.19 Å². The van der Waals surface area contributed by atoms with Crippen LogP contribution in [-0.4, -0.2) is 26.8 Å². The predicted molar refractivity (Wildman–Crippen MR) is 54.7 cm³/mol. The van der Waals surface area contributed by atoms with E-state index in [0.717, 1.165) is 18.9 Å². The molecule has 76 valence electrons. The summed E-state index contributed by atoms with van der Waals surface area (Å²) in [4.78, 5) is 6.69. The average molecular weight is 212 g/mol. The summed E-state index contributed by atoms with van der Waals surface area (Å²) in [7, 11) is 0. The van der Waals surface area contributed by atoms with Crippen molar-refractivity contribution in [3.05, 3.63) is 18.3 Å². The molecule has 0 spiro atoms. The van der Waals surface area contributed by atoms with E-state index in [-0.39, 0.29) is 0 Å². The van der Waals surface area contributed by atoms with Gasteiger partial charge in [-0.1, -0.05) is 0 Å². The van der Waals surface area contributed by atoms with E-state index >= 15 is 0 Å². The summed E-state index contributed by atoms with van der Waals surface area (Å²) in [6.45, 7) is 2.07. The van der Waals surface area contributed by atoms with E-state index in [9.17, 15) is 4.21 Å². The van der Waals surface area contributed by atoms with E-state index in [1.165, 1.54) is 19.0 Å². The van der Waals surface area contributed by atoms with Crippen LogP contribution in [0.2, 0.25) is 0 Å². The van der Waals surface area contributed by atoms with Crippen LogP contribution >= 0.6 is 0 Å². The minimum absolute atomic E-state index is 0.355. The third kappa shape index (κ3) is 1.93. The minimum Gasteiger partial charge on any atom is -0.357 e. The molecule has 2 rings (SSSR count). The van der Waals surface area contributed by atoms with Gasteiger partial charge < -0.3 is 9.45 Å². The molecule has 0 amide bonds. The molecule has 4 nitrogen and oxygen atoms in total. The van der Waals surface area contributed by atoms with Gasteiger partial charge >= 0.3 is 0 Å². The number of anilines is 1. The molecular formula is C9H12N2O2S. The molecule has 1 aliphatic heterocycles. The Bertz CT molecular complexity index is 333. The van der Waals surface area contributed by atoms with E-state index in [4.69, 9.17) is 4.55 Å². The summed E-state index contributed by atoms with van der Waals surface area (Å²) in [6.07, 6.45) is 3.87. The van der Waals surface area contributed by atoms with Crippen molar-refractivity contribution in [3.63, 3.8) is 0 Å². The summed E-state index contributed by atoms with van der Waals surface area (Å²) in [5, 5.41) is 0. The Balaban J connectivity index is 2.16. The normalized spacial score (nSPS) is 18.5. The van der Waals surface area contributed by atoms with Crippen LogP contribution in [0, 0.1) is 0 Å². The lowest BCUT2D eigenvalue weighted by Gasteiger charge is -2.15. The highest BCUT2D eigenvalue weighted by Gasteiger charge is 2.13. The molecule has 5 heteroatoms. The van der Waals surface area contributed by atoms with Crippen molar-refractivity contribution in [1.29, 1.82) is 0 Å². The molecule has 1 fully saturated rings. The zero-order valence-electron chi connectivity index (χ0n) is 7.72. The molecule has 0 saturated carbocycles. The van der Waals surface area contributed by atoms with Gasteiger partial charge in [0, 0.05) is 19.3 Å². The van der Waals surface area contributed by atoms with Gasteiger partial charge in [-0.2, -0.15) is 0 Å². The van der Waals surface area contributed by atoms with Gasteiger partial charge in [-0.05, 0) is 25.0 Å². The van der Waals surface area contributed by atoms with Gasteiger partial charge in [-0.3, -0.25) is 0 Å². The maximum absolute atomic E-state index is 10.7. The monoisotopic (exact) mass is 212 g/mol. The number of hydrogen-bond donors (Lipinski definition) is 1. The van der Waals surface area contributed by atoms with Crippen molar-refractivity contribution in [3.8, 4) is 0 Å². The van der Waals surface area contributed by atoms with Crippen LogP contribution in [0.15, 0.2) is 23.2 Å². The van der Waals surface area contributed by atoms with E-state index in [0.29, 0.717) is 4.90 Å². The SMILES string of the molecule is O=S(O)c1ccc(N2CCCC2)nc1. The van der Waals surface area contributed by atoms with Crippen molar-refractivity contribution in [1.82, 2.24) is 4.98 Å². The first-order chi connectivity index (χ1) is 6.77. The van der Waals surface area contributed by atoms with Crippen LogP contribution < -0.4 is 4.90 Å². The van der Waals surface area contributed by atoms with Crippen LogP contribution in [0.5, 0.6) is 0 Å².